The van der Waals surface area contributed by atoms with Crippen LogP contribution < -0.4 is 5.32 Å². The predicted molar refractivity (Wildman–Crippen MR) is 97.5 cm³/mol. The molecule has 2 rings (SSSR count). The highest BCUT2D eigenvalue weighted by atomic mass is 79.9. The maximum absolute atomic E-state index is 6.42. The lowest BCUT2D eigenvalue weighted by atomic mass is 10.1. The van der Waals surface area contributed by atoms with Crippen LogP contribution in [0, 0.1) is 0 Å². The van der Waals surface area contributed by atoms with Crippen LogP contribution in [-0.4, -0.2) is 16.3 Å². The minimum absolute atomic E-state index is 0.0509. The van der Waals surface area contributed by atoms with E-state index in [1.807, 2.05) is 4.68 Å². The van der Waals surface area contributed by atoms with Crippen molar-refractivity contribution in [3.05, 3.63) is 36.1 Å². The zero-order valence-corrected chi connectivity index (χ0v) is 16.9. The summed E-state index contributed by atoms with van der Waals surface area (Å²) in [7, 11) is 0. The molecule has 21 heavy (non-hydrogen) atoms. The van der Waals surface area contributed by atoms with Gasteiger partial charge in [0.1, 0.15) is 0 Å². The van der Waals surface area contributed by atoms with E-state index in [-0.39, 0.29) is 12.1 Å². The molecule has 2 aromatic heterocycles. The van der Waals surface area contributed by atoms with Crippen molar-refractivity contribution in [2.24, 2.45) is 0 Å². The molecule has 1 N–H and O–H groups in total. The quantitative estimate of drug-likeness (QED) is 0.597. The molecule has 0 fully saturated rings. The van der Waals surface area contributed by atoms with E-state index in [2.05, 4.69) is 69.1 Å². The summed E-state index contributed by atoms with van der Waals surface area (Å²) >= 11 is 15.3. The molecule has 0 radical (unpaired) electrons. The Morgan fingerprint density at radius 3 is 2.67 bits per heavy atom. The van der Waals surface area contributed by atoms with Crippen LogP contribution >= 0.6 is 54.8 Å². The Morgan fingerprint density at radius 2 is 2.14 bits per heavy atom. The van der Waals surface area contributed by atoms with E-state index in [0.717, 1.165) is 26.9 Å². The molecule has 0 spiro atoms. The third kappa shape index (κ3) is 3.91. The molecule has 2 aromatic rings. The average Bonchev–Trinajstić information content (AvgIpc) is 2.95. The first-order chi connectivity index (χ1) is 9.95. The summed E-state index contributed by atoms with van der Waals surface area (Å²) < 4.78 is 4.15. The zero-order chi connectivity index (χ0) is 15.6. The van der Waals surface area contributed by atoms with Crippen LogP contribution in [0.25, 0.3) is 0 Å². The lowest BCUT2D eigenvalue weighted by molar-refractivity contribution is 0.474. The normalized spacial score (nSPS) is 13.1. The Labute approximate surface area is 151 Å². The molecule has 7 heteroatoms. The van der Waals surface area contributed by atoms with Gasteiger partial charge in [-0.25, -0.2) is 0 Å². The van der Waals surface area contributed by atoms with Gasteiger partial charge < -0.3 is 5.32 Å². The van der Waals surface area contributed by atoms with Crippen LogP contribution in [-0.2, 0) is 0 Å². The van der Waals surface area contributed by atoms with Gasteiger partial charge in [-0.1, -0.05) is 18.5 Å². The lowest BCUT2D eigenvalue weighted by Gasteiger charge is -2.21. The minimum Gasteiger partial charge on any atom is -0.304 e. The molecule has 0 saturated heterocycles. The molecule has 0 aliphatic rings. The van der Waals surface area contributed by atoms with E-state index in [1.54, 1.807) is 17.5 Å². The van der Waals surface area contributed by atoms with Crippen molar-refractivity contribution >= 4 is 54.8 Å². The molecule has 1 atom stereocenters. The molecule has 0 aliphatic heterocycles. The third-order valence-electron chi connectivity index (χ3n) is 3.10. The molecule has 1 unspecified atom stereocenters. The minimum atomic E-state index is 0.0509. The SMILES string of the molecule is CCCNC(c1cc(Br)c(Br)s1)c1c(Cl)cnn1C(C)C. The summed E-state index contributed by atoms with van der Waals surface area (Å²) in [5.74, 6) is 0. The fourth-order valence-corrected chi connectivity index (χ4v) is 4.57. The maximum atomic E-state index is 6.42. The van der Waals surface area contributed by atoms with Crippen molar-refractivity contribution in [1.82, 2.24) is 15.1 Å². The smallest absolute Gasteiger partial charge is 0.0858 e. The van der Waals surface area contributed by atoms with Gasteiger partial charge in [0, 0.05) is 15.4 Å². The van der Waals surface area contributed by atoms with Gasteiger partial charge in [0.15, 0.2) is 0 Å². The molecule has 2 heterocycles. The molecule has 0 bridgehead atoms. The zero-order valence-electron chi connectivity index (χ0n) is 12.2. The van der Waals surface area contributed by atoms with Gasteiger partial charge >= 0.3 is 0 Å². The molecule has 0 saturated carbocycles. The topological polar surface area (TPSA) is 29.9 Å². The van der Waals surface area contributed by atoms with Gasteiger partial charge in [0.05, 0.1) is 26.7 Å². The van der Waals surface area contributed by atoms with Crippen LogP contribution in [0.4, 0.5) is 0 Å². The van der Waals surface area contributed by atoms with E-state index in [1.165, 1.54) is 4.88 Å². The van der Waals surface area contributed by atoms with E-state index < -0.39 is 0 Å². The Kier molecular flexibility index (Phi) is 6.32. The number of aromatic nitrogens is 2. The molecule has 0 aromatic carbocycles. The van der Waals surface area contributed by atoms with Crippen LogP contribution in [0.15, 0.2) is 20.5 Å². The summed E-state index contributed by atoms with van der Waals surface area (Å²) in [6.07, 6.45) is 2.80. The molecule has 0 amide bonds. The van der Waals surface area contributed by atoms with Crippen molar-refractivity contribution in [2.45, 2.75) is 39.3 Å². The van der Waals surface area contributed by atoms with Gasteiger partial charge in [0.2, 0.25) is 0 Å². The number of hydrogen-bond acceptors (Lipinski definition) is 3. The van der Waals surface area contributed by atoms with E-state index in [4.69, 9.17) is 11.6 Å². The number of hydrogen-bond donors (Lipinski definition) is 1. The summed E-state index contributed by atoms with van der Waals surface area (Å²) in [6, 6.07) is 2.45. The molecular weight excluding hydrogens is 438 g/mol. The highest BCUT2D eigenvalue weighted by Crippen LogP contribution is 2.39. The summed E-state index contributed by atoms with van der Waals surface area (Å²) in [5, 5.41) is 8.72. The van der Waals surface area contributed by atoms with Gasteiger partial charge in [-0.15, -0.1) is 11.3 Å². The van der Waals surface area contributed by atoms with Gasteiger partial charge in [-0.05, 0) is 64.7 Å². The second-order valence-corrected chi connectivity index (χ2v) is 8.74. The van der Waals surface area contributed by atoms with E-state index >= 15 is 0 Å². The van der Waals surface area contributed by atoms with Crippen molar-refractivity contribution in [3.8, 4) is 0 Å². The van der Waals surface area contributed by atoms with E-state index in [9.17, 15) is 0 Å². The number of rotatable bonds is 6. The summed E-state index contributed by atoms with van der Waals surface area (Å²) in [4.78, 5) is 1.21. The lowest BCUT2D eigenvalue weighted by Crippen LogP contribution is -2.26. The fourth-order valence-electron chi connectivity index (χ4n) is 2.16. The first-order valence-electron chi connectivity index (χ1n) is 6.86. The van der Waals surface area contributed by atoms with Crippen molar-refractivity contribution < 1.29 is 0 Å². The monoisotopic (exact) mass is 453 g/mol. The Balaban J connectivity index is 2.47. The number of thiophene rings is 1. The van der Waals surface area contributed by atoms with Gasteiger partial charge in [-0.3, -0.25) is 4.68 Å². The summed E-state index contributed by atoms with van der Waals surface area (Å²) in [5.41, 5.74) is 1.03. The van der Waals surface area contributed by atoms with Crippen LogP contribution in [0.5, 0.6) is 0 Å². The second kappa shape index (κ2) is 7.59. The Hall–Kier alpha value is 0.120. The third-order valence-corrected chi connectivity index (χ3v) is 6.71. The van der Waals surface area contributed by atoms with Crippen molar-refractivity contribution in [1.29, 1.82) is 0 Å². The number of nitrogens with zero attached hydrogens (tertiary/aromatic N) is 2. The first-order valence-corrected chi connectivity index (χ1v) is 9.64. The van der Waals surface area contributed by atoms with Crippen molar-refractivity contribution in [3.63, 3.8) is 0 Å². The summed E-state index contributed by atoms with van der Waals surface area (Å²) in [6.45, 7) is 7.32. The van der Waals surface area contributed by atoms with Crippen LogP contribution in [0.1, 0.15) is 49.8 Å². The van der Waals surface area contributed by atoms with Crippen molar-refractivity contribution in [2.75, 3.05) is 6.54 Å². The average molecular weight is 456 g/mol. The highest BCUT2D eigenvalue weighted by molar-refractivity contribution is 9.13. The van der Waals surface area contributed by atoms with Crippen LogP contribution in [0.2, 0.25) is 5.02 Å². The number of halogens is 3. The van der Waals surface area contributed by atoms with E-state index in [0.29, 0.717) is 5.02 Å². The van der Waals surface area contributed by atoms with Crippen LogP contribution in [0.3, 0.4) is 0 Å². The first kappa shape index (κ1) is 17.5. The Morgan fingerprint density at radius 1 is 1.43 bits per heavy atom. The Bertz CT molecular complexity index is 590. The largest absolute Gasteiger partial charge is 0.304 e. The predicted octanol–water partition coefficient (Wildman–Crippen LogP) is 5.79. The van der Waals surface area contributed by atoms with Gasteiger partial charge in [-0.2, -0.15) is 5.10 Å². The highest BCUT2D eigenvalue weighted by Gasteiger charge is 2.25. The molecule has 116 valence electrons. The molecule has 0 aliphatic carbocycles. The maximum Gasteiger partial charge on any atom is 0.0858 e. The number of nitrogens with one attached hydrogen (secondary N) is 1. The standard InChI is InChI=1S/C14H18Br2ClN3S/c1-4-5-18-12(11-6-9(15)14(16)21-11)13-10(17)7-19-20(13)8(2)3/h6-8,12,18H,4-5H2,1-3H3. The molecular formula is C14H18Br2ClN3S. The van der Waals surface area contributed by atoms with Gasteiger partial charge in [0.25, 0.3) is 0 Å². The fraction of sp³-hybridized carbons (Fsp3) is 0.500. The second-order valence-electron chi connectivity index (χ2n) is 5.07. The molecule has 3 nitrogen and oxygen atoms in total.